The number of aliphatic imine (C=N–C) groups is 1. The van der Waals surface area contributed by atoms with E-state index in [-0.39, 0.29) is 12.2 Å². The Kier molecular flexibility index (Phi) is 4.06. The number of thiophene rings is 1. The van der Waals surface area contributed by atoms with Crippen LogP contribution in [0.1, 0.15) is 22.0 Å². The van der Waals surface area contributed by atoms with Gasteiger partial charge in [-0.2, -0.15) is 0 Å². The maximum Gasteiger partial charge on any atom is 0.136 e. The second kappa shape index (κ2) is 6.51. The van der Waals surface area contributed by atoms with E-state index in [4.69, 9.17) is 4.99 Å². The Morgan fingerprint density at radius 2 is 1.96 bits per heavy atom. The Morgan fingerprint density at radius 1 is 1.08 bits per heavy atom. The minimum absolute atomic E-state index is 0.0569. The third-order valence-corrected chi connectivity index (χ3v) is 4.93. The minimum atomic E-state index is -0.0794. The first-order chi connectivity index (χ1) is 11.9. The summed E-state index contributed by atoms with van der Waals surface area (Å²) < 4.78 is 0. The number of nitrogens with zero attached hydrogens (tertiary/aromatic N) is 3. The van der Waals surface area contributed by atoms with Gasteiger partial charge in [0.2, 0.25) is 0 Å². The summed E-state index contributed by atoms with van der Waals surface area (Å²) in [6.07, 6.45) is 5.35. The van der Waals surface area contributed by atoms with Crippen molar-refractivity contribution >= 4 is 22.9 Å². The first kappa shape index (κ1) is 15.0. The van der Waals surface area contributed by atoms with Gasteiger partial charge in [-0.05, 0) is 48.3 Å². The van der Waals surface area contributed by atoms with Crippen molar-refractivity contribution in [2.75, 3.05) is 12.4 Å². The molecule has 1 aliphatic heterocycles. The van der Waals surface area contributed by atoms with Gasteiger partial charge in [0.1, 0.15) is 18.0 Å². The van der Waals surface area contributed by atoms with E-state index in [0.29, 0.717) is 0 Å². The van der Waals surface area contributed by atoms with Crippen LogP contribution in [0.2, 0.25) is 0 Å². The van der Waals surface area contributed by atoms with E-state index in [9.17, 15) is 0 Å². The Labute approximate surface area is 144 Å². The fourth-order valence-corrected chi connectivity index (χ4v) is 3.62. The van der Waals surface area contributed by atoms with Crippen LogP contribution in [0, 0.1) is 0 Å². The van der Waals surface area contributed by atoms with Crippen LogP contribution in [-0.2, 0) is 0 Å². The molecule has 0 amide bonds. The molecule has 4 rings (SSSR count). The molecule has 0 spiro atoms. The molecule has 3 aromatic heterocycles. The molecular weight excluding hydrogens is 318 g/mol. The van der Waals surface area contributed by atoms with Gasteiger partial charge >= 0.3 is 0 Å². The third-order valence-electron chi connectivity index (χ3n) is 4.05. The number of hydrogen-bond acceptors (Lipinski definition) is 6. The van der Waals surface area contributed by atoms with E-state index < -0.39 is 0 Å². The molecule has 0 aliphatic carbocycles. The second-order valence-electron chi connectivity index (χ2n) is 5.49. The number of anilines is 1. The Bertz CT molecular complexity index is 845. The van der Waals surface area contributed by atoms with Gasteiger partial charge in [-0.15, -0.1) is 11.3 Å². The lowest BCUT2D eigenvalue weighted by Crippen LogP contribution is -2.38. The lowest BCUT2D eigenvalue weighted by molar-refractivity contribution is 0.522. The van der Waals surface area contributed by atoms with E-state index in [1.54, 1.807) is 29.9 Å². The van der Waals surface area contributed by atoms with E-state index in [0.717, 1.165) is 27.5 Å². The first-order valence-corrected chi connectivity index (χ1v) is 8.65. The Hall–Kier alpha value is -2.57. The van der Waals surface area contributed by atoms with Crippen LogP contribution in [0.3, 0.4) is 0 Å². The van der Waals surface area contributed by atoms with Crippen molar-refractivity contribution < 1.29 is 0 Å². The average Bonchev–Trinajstić information content (AvgIpc) is 3.11. The highest BCUT2D eigenvalue weighted by atomic mass is 32.1. The second-order valence-corrected chi connectivity index (χ2v) is 6.44. The molecular formula is C18H17N5S. The molecule has 0 saturated carbocycles. The molecule has 0 aromatic carbocycles. The molecule has 0 fully saturated rings. The normalized spacial score (nSPS) is 19.8. The number of hydrogen-bond donors (Lipinski definition) is 2. The van der Waals surface area contributed by atoms with Crippen molar-refractivity contribution in [3.05, 3.63) is 76.4 Å². The van der Waals surface area contributed by atoms with Gasteiger partial charge in [-0.3, -0.25) is 15.3 Å². The zero-order valence-electron chi connectivity index (χ0n) is 13.2. The van der Waals surface area contributed by atoms with E-state index >= 15 is 0 Å². The smallest absolute Gasteiger partial charge is 0.136 e. The van der Waals surface area contributed by atoms with E-state index in [1.807, 2.05) is 31.3 Å². The van der Waals surface area contributed by atoms with Gasteiger partial charge in [-0.1, -0.05) is 6.07 Å². The topological polar surface area (TPSA) is 62.2 Å². The quantitative estimate of drug-likeness (QED) is 0.772. The zero-order valence-corrected chi connectivity index (χ0v) is 14.0. The van der Waals surface area contributed by atoms with Gasteiger partial charge < -0.3 is 5.32 Å². The van der Waals surface area contributed by atoms with Crippen LogP contribution in [-0.4, -0.2) is 28.9 Å². The standard InChI is InChI=1S/C18H17N5S/c1-19-18-15(12-6-9-20-10-7-12)22-16(14-5-3-11-24-14)13-4-2-8-21-17(13)23-18/h2-11,15,18-19H,1H3,(H,21,23). The molecule has 2 unspecified atom stereocenters. The largest absolute Gasteiger partial charge is 0.352 e. The van der Waals surface area contributed by atoms with Crippen LogP contribution in [0.25, 0.3) is 0 Å². The summed E-state index contributed by atoms with van der Waals surface area (Å²) in [5.41, 5.74) is 3.11. The fraction of sp³-hybridized carbons (Fsp3) is 0.167. The van der Waals surface area contributed by atoms with Gasteiger partial charge in [0.15, 0.2) is 0 Å². The first-order valence-electron chi connectivity index (χ1n) is 7.77. The van der Waals surface area contributed by atoms with Crippen LogP contribution >= 0.6 is 11.3 Å². The van der Waals surface area contributed by atoms with Crippen LogP contribution in [0.5, 0.6) is 0 Å². The molecule has 0 radical (unpaired) electrons. The molecule has 3 aromatic rings. The molecule has 2 N–H and O–H groups in total. The van der Waals surface area contributed by atoms with Crippen molar-refractivity contribution in [2.45, 2.75) is 12.2 Å². The summed E-state index contributed by atoms with van der Waals surface area (Å²) in [7, 11) is 1.93. The average molecular weight is 335 g/mol. The molecule has 120 valence electrons. The maximum atomic E-state index is 5.12. The molecule has 2 atom stereocenters. The van der Waals surface area contributed by atoms with Crippen molar-refractivity contribution in [3.8, 4) is 0 Å². The third kappa shape index (κ3) is 2.70. The number of pyridine rings is 2. The molecule has 24 heavy (non-hydrogen) atoms. The van der Waals surface area contributed by atoms with Crippen molar-refractivity contribution in [3.63, 3.8) is 0 Å². The molecule has 5 nitrogen and oxygen atoms in total. The molecule has 0 saturated heterocycles. The number of rotatable bonds is 3. The molecule has 6 heteroatoms. The number of likely N-dealkylation sites (N-methyl/N-ethyl adjacent to an activating group) is 1. The summed E-state index contributed by atoms with van der Waals surface area (Å²) in [6, 6.07) is 12.1. The Morgan fingerprint density at radius 3 is 2.71 bits per heavy atom. The summed E-state index contributed by atoms with van der Waals surface area (Å²) in [6.45, 7) is 0. The highest BCUT2D eigenvalue weighted by Gasteiger charge is 2.28. The molecule has 0 bridgehead atoms. The molecule has 4 heterocycles. The molecule has 1 aliphatic rings. The van der Waals surface area contributed by atoms with Crippen LogP contribution in [0.15, 0.2) is 65.4 Å². The predicted molar refractivity (Wildman–Crippen MR) is 97.6 cm³/mol. The summed E-state index contributed by atoms with van der Waals surface area (Å²) in [5.74, 6) is 0.848. The predicted octanol–water partition coefficient (Wildman–Crippen LogP) is 3.09. The Balaban J connectivity index is 1.90. The fourth-order valence-electron chi connectivity index (χ4n) is 2.89. The van der Waals surface area contributed by atoms with Gasteiger partial charge in [0, 0.05) is 24.2 Å². The van der Waals surface area contributed by atoms with E-state index in [2.05, 4.69) is 38.1 Å². The minimum Gasteiger partial charge on any atom is -0.352 e. The van der Waals surface area contributed by atoms with E-state index in [1.165, 1.54) is 0 Å². The zero-order chi connectivity index (χ0) is 16.4. The van der Waals surface area contributed by atoms with Crippen LogP contribution < -0.4 is 10.6 Å². The monoisotopic (exact) mass is 335 g/mol. The number of nitrogens with one attached hydrogen (secondary N) is 2. The lowest BCUT2D eigenvalue weighted by Gasteiger charge is -2.24. The van der Waals surface area contributed by atoms with Gasteiger partial charge in [0.25, 0.3) is 0 Å². The SMILES string of the molecule is CNC1Nc2ncccc2C(c2cccs2)=NC1c1ccncc1. The lowest BCUT2D eigenvalue weighted by atomic mass is 10.1. The summed E-state index contributed by atoms with van der Waals surface area (Å²) in [4.78, 5) is 14.9. The summed E-state index contributed by atoms with van der Waals surface area (Å²) >= 11 is 1.69. The number of fused-ring (bicyclic) bond motifs is 1. The highest BCUT2D eigenvalue weighted by Crippen LogP contribution is 2.31. The number of aromatic nitrogens is 2. The van der Waals surface area contributed by atoms with Crippen LogP contribution in [0.4, 0.5) is 5.82 Å². The van der Waals surface area contributed by atoms with Crippen molar-refractivity contribution in [1.29, 1.82) is 0 Å². The van der Waals surface area contributed by atoms with Crippen molar-refractivity contribution in [2.24, 2.45) is 4.99 Å². The van der Waals surface area contributed by atoms with Gasteiger partial charge in [0.05, 0.1) is 10.6 Å². The van der Waals surface area contributed by atoms with Crippen molar-refractivity contribution in [1.82, 2.24) is 15.3 Å². The maximum absolute atomic E-state index is 5.12. The van der Waals surface area contributed by atoms with Gasteiger partial charge in [-0.25, -0.2) is 4.98 Å². The highest BCUT2D eigenvalue weighted by molar-refractivity contribution is 7.12. The summed E-state index contributed by atoms with van der Waals surface area (Å²) in [5, 5.41) is 8.89.